The summed E-state index contributed by atoms with van der Waals surface area (Å²) in [7, 11) is 0. The fourth-order valence-corrected chi connectivity index (χ4v) is 1.86. The van der Waals surface area contributed by atoms with E-state index < -0.39 is 0 Å². The predicted octanol–water partition coefficient (Wildman–Crippen LogP) is 1.61. The van der Waals surface area contributed by atoms with E-state index in [1.54, 1.807) is 12.1 Å². The molecule has 3 heteroatoms. The van der Waals surface area contributed by atoms with Gasteiger partial charge in [-0.25, -0.2) is 4.39 Å². The second-order valence-corrected chi connectivity index (χ2v) is 3.71. The lowest BCUT2D eigenvalue weighted by Gasteiger charge is -2.27. The molecular weight excluding hydrogens is 181 g/mol. The number of benzene rings is 1. The van der Waals surface area contributed by atoms with E-state index in [0.29, 0.717) is 12.1 Å². The number of aliphatic hydroxyl groups excluding tert-OH is 1. The molecule has 14 heavy (non-hydrogen) atoms. The summed E-state index contributed by atoms with van der Waals surface area (Å²) in [6, 6.07) is 6.86. The van der Waals surface area contributed by atoms with E-state index in [2.05, 4.69) is 5.32 Å². The molecule has 0 aromatic heterocycles. The molecule has 2 nitrogen and oxygen atoms in total. The monoisotopic (exact) mass is 195 g/mol. The van der Waals surface area contributed by atoms with E-state index in [9.17, 15) is 9.50 Å². The maximum Gasteiger partial charge on any atom is 0.127 e. The van der Waals surface area contributed by atoms with Crippen LogP contribution in [-0.4, -0.2) is 17.8 Å². The van der Waals surface area contributed by atoms with Crippen LogP contribution in [0.4, 0.5) is 4.39 Å². The highest BCUT2D eigenvalue weighted by molar-refractivity contribution is 5.21. The zero-order valence-corrected chi connectivity index (χ0v) is 7.91. The molecular formula is C11H14FNO. The van der Waals surface area contributed by atoms with Crippen LogP contribution in [0.1, 0.15) is 24.4 Å². The van der Waals surface area contributed by atoms with Crippen molar-refractivity contribution in [2.75, 3.05) is 6.54 Å². The molecule has 76 valence electrons. The fourth-order valence-electron chi connectivity index (χ4n) is 1.86. The van der Waals surface area contributed by atoms with Crippen LogP contribution in [0.3, 0.4) is 0 Å². The number of hydrogen-bond donors (Lipinski definition) is 2. The van der Waals surface area contributed by atoms with Gasteiger partial charge in [-0.3, -0.25) is 0 Å². The average molecular weight is 195 g/mol. The second kappa shape index (κ2) is 4.07. The lowest BCUT2D eigenvalue weighted by atomic mass is 9.96. The molecule has 0 amide bonds. The van der Waals surface area contributed by atoms with Gasteiger partial charge in [0.25, 0.3) is 0 Å². The average Bonchev–Trinajstić information content (AvgIpc) is 2.20. The van der Waals surface area contributed by atoms with Crippen LogP contribution in [-0.2, 0) is 0 Å². The third kappa shape index (κ3) is 1.94. The van der Waals surface area contributed by atoms with Gasteiger partial charge in [0.05, 0.1) is 6.10 Å². The number of piperidine rings is 1. The molecule has 1 fully saturated rings. The third-order valence-electron chi connectivity index (χ3n) is 2.67. The van der Waals surface area contributed by atoms with Crippen LogP contribution in [0.2, 0.25) is 0 Å². The van der Waals surface area contributed by atoms with Crippen LogP contribution >= 0.6 is 0 Å². The minimum absolute atomic E-state index is 0.0552. The quantitative estimate of drug-likeness (QED) is 0.713. The fraction of sp³-hybridized carbons (Fsp3) is 0.455. The Bertz CT molecular complexity index is 308. The lowest BCUT2D eigenvalue weighted by Crippen LogP contribution is -2.36. The summed E-state index contributed by atoms with van der Waals surface area (Å²) >= 11 is 0. The van der Waals surface area contributed by atoms with Gasteiger partial charge in [-0.15, -0.1) is 0 Å². The molecule has 0 aliphatic carbocycles. The largest absolute Gasteiger partial charge is 0.392 e. The summed E-state index contributed by atoms with van der Waals surface area (Å²) in [6.07, 6.45) is 1.26. The Balaban J connectivity index is 2.12. The van der Waals surface area contributed by atoms with Crippen LogP contribution in [0.25, 0.3) is 0 Å². The Morgan fingerprint density at radius 1 is 1.29 bits per heavy atom. The highest BCUT2D eigenvalue weighted by Gasteiger charge is 2.21. The molecule has 0 spiro atoms. The summed E-state index contributed by atoms with van der Waals surface area (Å²) in [5, 5.41) is 12.4. The van der Waals surface area contributed by atoms with Crippen LogP contribution in [0, 0.1) is 5.82 Å². The summed E-state index contributed by atoms with van der Waals surface area (Å²) in [6.45, 7) is 0.555. The van der Waals surface area contributed by atoms with E-state index in [1.165, 1.54) is 6.07 Å². The molecule has 1 aliphatic heterocycles. The molecule has 2 rings (SSSR count). The first kappa shape index (κ1) is 9.62. The van der Waals surface area contributed by atoms with E-state index >= 15 is 0 Å². The van der Waals surface area contributed by atoms with Crippen molar-refractivity contribution >= 4 is 0 Å². The van der Waals surface area contributed by atoms with Crippen LogP contribution < -0.4 is 5.32 Å². The van der Waals surface area contributed by atoms with Gasteiger partial charge >= 0.3 is 0 Å². The molecule has 2 N–H and O–H groups in total. The maximum atomic E-state index is 13.4. The zero-order chi connectivity index (χ0) is 9.97. The smallest absolute Gasteiger partial charge is 0.127 e. The molecule has 0 saturated carbocycles. The minimum atomic E-state index is -0.280. The molecule has 1 aromatic rings. The summed E-state index contributed by atoms with van der Waals surface area (Å²) in [5.74, 6) is -0.165. The Morgan fingerprint density at radius 2 is 2.07 bits per heavy atom. The van der Waals surface area contributed by atoms with E-state index in [4.69, 9.17) is 0 Å². The Kier molecular flexibility index (Phi) is 2.79. The summed E-state index contributed by atoms with van der Waals surface area (Å²) < 4.78 is 13.4. The van der Waals surface area contributed by atoms with Gasteiger partial charge in [0, 0.05) is 18.2 Å². The molecule has 0 bridgehead atoms. The first-order chi connectivity index (χ1) is 6.77. The van der Waals surface area contributed by atoms with Crippen LogP contribution in [0.15, 0.2) is 24.3 Å². The Labute approximate surface area is 82.8 Å². The molecule has 2 atom stereocenters. The summed E-state index contributed by atoms with van der Waals surface area (Å²) in [5.41, 5.74) is 0.708. The first-order valence-electron chi connectivity index (χ1n) is 4.93. The van der Waals surface area contributed by atoms with Gasteiger partial charge in [-0.05, 0) is 18.9 Å². The third-order valence-corrected chi connectivity index (χ3v) is 2.67. The van der Waals surface area contributed by atoms with Gasteiger partial charge in [-0.1, -0.05) is 18.2 Å². The SMILES string of the molecule is OC1CCC(c2ccccc2F)NC1. The number of aliphatic hydroxyl groups is 1. The number of halogens is 1. The number of β-amino-alcohol motifs (C(OH)–C–C–N with tert-alkyl or cyclic N) is 1. The van der Waals surface area contributed by atoms with Gasteiger partial charge < -0.3 is 10.4 Å². The molecule has 1 aliphatic rings. The predicted molar refractivity (Wildman–Crippen MR) is 52.4 cm³/mol. The standard InChI is InChI=1S/C11H14FNO/c12-10-4-2-1-3-9(10)11-6-5-8(14)7-13-11/h1-4,8,11,13-14H,5-7H2. The van der Waals surface area contributed by atoms with Crippen molar-refractivity contribution < 1.29 is 9.50 Å². The number of hydrogen-bond acceptors (Lipinski definition) is 2. The van der Waals surface area contributed by atoms with Gasteiger partial charge in [0.15, 0.2) is 0 Å². The van der Waals surface area contributed by atoms with Crippen molar-refractivity contribution in [1.82, 2.24) is 5.32 Å². The first-order valence-corrected chi connectivity index (χ1v) is 4.93. The van der Waals surface area contributed by atoms with Crippen molar-refractivity contribution in [3.8, 4) is 0 Å². The number of rotatable bonds is 1. The molecule has 1 heterocycles. The van der Waals surface area contributed by atoms with Gasteiger partial charge in [0.2, 0.25) is 0 Å². The normalized spacial score (nSPS) is 27.6. The minimum Gasteiger partial charge on any atom is -0.392 e. The topological polar surface area (TPSA) is 32.3 Å². The summed E-state index contributed by atoms with van der Waals surface area (Å²) in [4.78, 5) is 0. The van der Waals surface area contributed by atoms with Crippen molar-refractivity contribution in [2.24, 2.45) is 0 Å². The zero-order valence-electron chi connectivity index (χ0n) is 7.91. The maximum absolute atomic E-state index is 13.4. The molecule has 0 radical (unpaired) electrons. The Hall–Kier alpha value is -0.930. The van der Waals surface area contributed by atoms with Crippen LogP contribution in [0.5, 0.6) is 0 Å². The van der Waals surface area contributed by atoms with Crippen molar-refractivity contribution in [1.29, 1.82) is 0 Å². The van der Waals surface area contributed by atoms with Gasteiger partial charge in [0.1, 0.15) is 5.82 Å². The molecule has 2 unspecified atom stereocenters. The van der Waals surface area contributed by atoms with E-state index in [0.717, 1.165) is 12.8 Å². The highest BCUT2D eigenvalue weighted by atomic mass is 19.1. The van der Waals surface area contributed by atoms with E-state index in [-0.39, 0.29) is 18.0 Å². The Morgan fingerprint density at radius 3 is 2.71 bits per heavy atom. The van der Waals surface area contributed by atoms with Crippen molar-refractivity contribution in [3.63, 3.8) is 0 Å². The second-order valence-electron chi connectivity index (χ2n) is 3.71. The van der Waals surface area contributed by atoms with Crippen molar-refractivity contribution in [3.05, 3.63) is 35.6 Å². The molecule has 1 saturated heterocycles. The number of nitrogens with one attached hydrogen (secondary N) is 1. The van der Waals surface area contributed by atoms with E-state index in [1.807, 2.05) is 6.07 Å². The molecule has 1 aromatic carbocycles. The highest BCUT2D eigenvalue weighted by Crippen LogP contribution is 2.24. The lowest BCUT2D eigenvalue weighted by molar-refractivity contribution is 0.126. The van der Waals surface area contributed by atoms with Gasteiger partial charge in [-0.2, -0.15) is 0 Å². The van der Waals surface area contributed by atoms with Crippen molar-refractivity contribution in [2.45, 2.75) is 25.0 Å².